The van der Waals surface area contributed by atoms with Gasteiger partial charge in [0.1, 0.15) is 12.2 Å². The maximum atomic E-state index is 4.08. The number of nitrogens with zero attached hydrogens (tertiary/aromatic N) is 3. The number of hydrogen-bond acceptors (Lipinski definition) is 2. The molecule has 0 spiro atoms. The maximum Gasteiger partial charge on any atom is 0.134 e. The van der Waals surface area contributed by atoms with E-state index in [0.717, 1.165) is 5.82 Å². The van der Waals surface area contributed by atoms with Crippen molar-refractivity contribution in [1.82, 2.24) is 14.8 Å². The molecule has 0 aliphatic heterocycles. The first kappa shape index (κ1) is 11.0. The van der Waals surface area contributed by atoms with Crippen LogP contribution in [0.2, 0.25) is 0 Å². The topological polar surface area (TPSA) is 30.7 Å². The standard InChI is InChI=1S/C15H15N3/c1-10-8-11(2)15(18-9-16-17-12(18)3)14-7-5-4-6-13(10)14/h4-9H,1-3H3. The molecule has 3 nitrogen and oxygen atoms in total. The zero-order chi connectivity index (χ0) is 12.7. The van der Waals surface area contributed by atoms with Gasteiger partial charge in [-0.3, -0.25) is 4.57 Å². The van der Waals surface area contributed by atoms with Gasteiger partial charge in [0.2, 0.25) is 0 Å². The van der Waals surface area contributed by atoms with Gasteiger partial charge in [0.25, 0.3) is 0 Å². The summed E-state index contributed by atoms with van der Waals surface area (Å²) in [4.78, 5) is 0. The highest BCUT2D eigenvalue weighted by atomic mass is 15.3. The fraction of sp³-hybridized carbons (Fsp3) is 0.200. The second-order valence-electron chi connectivity index (χ2n) is 4.65. The minimum atomic E-state index is 0.909. The monoisotopic (exact) mass is 237 g/mol. The van der Waals surface area contributed by atoms with Gasteiger partial charge in [0.15, 0.2) is 0 Å². The molecule has 0 fully saturated rings. The van der Waals surface area contributed by atoms with Crippen LogP contribution >= 0.6 is 0 Å². The third-order valence-electron chi connectivity index (χ3n) is 3.37. The molecule has 0 radical (unpaired) electrons. The number of benzene rings is 2. The van der Waals surface area contributed by atoms with Crippen molar-refractivity contribution in [2.45, 2.75) is 20.8 Å². The molecule has 0 aliphatic rings. The average molecular weight is 237 g/mol. The highest BCUT2D eigenvalue weighted by Gasteiger charge is 2.11. The minimum absolute atomic E-state index is 0.909. The molecular formula is C15H15N3. The zero-order valence-corrected chi connectivity index (χ0v) is 10.8. The molecule has 0 bridgehead atoms. The van der Waals surface area contributed by atoms with Crippen molar-refractivity contribution in [3.8, 4) is 5.69 Å². The Labute approximate surface area is 106 Å². The molecule has 0 unspecified atom stereocenters. The molecule has 2 aromatic carbocycles. The predicted molar refractivity (Wildman–Crippen MR) is 73.1 cm³/mol. The molecule has 18 heavy (non-hydrogen) atoms. The summed E-state index contributed by atoms with van der Waals surface area (Å²) < 4.78 is 2.05. The van der Waals surface area contributed by atoms with E-state index >= 15 is 0 Å². The van der Waals surface area contributed by atoms with Gasteiger partial charge in [-0.2, -0.15) is 0 Å². The third-order valence-corrected chi connectivity index (χ3v) is 3.37. The number of hydrogen-bond donors (Lipinski definition) is 0. The van der Waals surface area contributed by atoms with E-state index in [1.54, 1.807) is 6.33 Å². The van der Waals surface area contributed by atoms with Gasteiger partial charge in [0, 0.05) is 5.39 Å². The summed E-state index contributed by atoms with van der Waals surface area (Å²) in [5.74, 6) is 0.909. The Balaban J connectivity index is 2.46. The van der Waals surface area contributed by atoms with E-state index in [1.165, 1.54) is 27.6 Å². The second kappa shape index (κ2) is 3.95. The fourth-order valence-electron chi connectivity index (χ4n) is 2.55. The Kier molecular flexibility index (Phi) is 2.40. The van der Waals surface area contributed by atoms with Gasteiger partial charge in [-0.15, -0.1) is 10.2 Å². The van der Waals surface area contributed by atoms with Gasteiger partial charge in [-0.25, -0.2) is 0 Å². The largest absolute Gasteiger partial charge is 0.285 e. The molecule has 3 heteroatoms. The van der Waals surface area contributed by atoms with Crippen molar-refractivity contribution in [3.63, 3.8) is 0 Å². The third kappa shape index (κ3) is 1.51. The van der Waals surface area contributed by atoms with Gasteiger partial charge in [-0.1, -0.05) is 30.3 Å². The van der Waals surface area contributed by atoms with E-state index in [2.05, 4.69) is 58.9 Å². The van der Waals surface area contributed by atoms with Crippen LogP contribution in [0.5, 0.6) is 0 Å². The lowest BCUT2D eigenvalue weighted by atomic mass is 9.99. The summed E-state index contributed by atoms with van der Waals surface area (Å²) in [6.07, 6.45) is 1.78. The number of fused-ring (bicyclic) bond motifs is 1. The average Bonchev–Trinajstić information content (AvgIpc) is 2.76. The van der Waals surface area contributed by atoms with Crippen LogP contribution in [-0.2, 0) is 0 Å². The minimum Gasteiger partial charge on any atom is -0.285 e. The Morgan fingerprint density at radius 2 is 1.67 bits per heavy atom. The predicted octanol–water partition coefficient (Wildman–Crippen LogP) is 3.35. The lowest BCUT2D eigenvalue weighted by Crippen LogP contribution is -2.00. The fourth-order valence-corrected chi connectivity index (χ4v) is 2.55. The smallest absolute Gasteiger partial charge is 0.134 e. The van der Waals surface area contributed by atoms with E-state index in [4.69, 9.17) is 0 Å². The molecule has 0 atom stereocenters. The first-order chi connectivity index (χ1) is 8.68. The van der Waals surface area contributed by atoms with Crippen molar-refractivity contribution in [1.29, 1.82) is 0 Å². The Morgan fingerprint density at radius 1 is 0.944 bits per heavy atom. The molecular weight excluding hydrogens is 222 g/mol. The second-order valence-corrected chi connectivity index (χ2v) is 4.65. The van der Waals surface area contributed by atoms with E-state index in [0.29, 0.717) is 0 Å². The highest BCUT2D eigenvalue weighted by Crippen LogP contribution is 2.29. The molecule has 0 saturated carbocycles. The molecule has 0 N–H and O–H groups in total. The molecule has 0 amide bonds. The normalized spacial score (nSPS) is 11.1. The Hall–Kier alpha value is -2.16. The summed E-state index contributed by atoms with van der Waals surface area (Å²) in [5, 5.41) is 10.6. The Bertz CT molecular complexity index is 726. The molecule has 1 aromatic heterocycles. The van der Waals surface area contributed by atoms with Crippen LogP contribution in [0.25, 0.3) is 16.5 Å². The van der Waals surface area contributed by atoms with Crippen molar-refractivity contribution in [2.75, 3.05) is 0 Å². The first-order valence-corrected chi connectivity index (χ1v) is 6.04. The lowest BCUT2D eigenvalue weighted by Gasteiger charge is -2.14. The van der Waals surface area contributed by atoms with Crippen LogP contribution in [0.1, 0.15) is 17.0 Å². The quantitative estimate of drug-likeness (QED) is 0.650. The Morgan fingerprint density at radius 3 is 2.33 bits per heavy atom. The van der Waals surface area contributed by atoms with Crippen LogP contribution in [-0.4, -0.2) is 14.8 Å². The summed E-state index contributed by atoms with van der Waals surface area (Å²) in [6, 6.07) is 10.7. The van der Waals surface area contributed by atoms with Crippen molar-refractivity contribution >= 4 is 10.8 Å². The highest BCUT2D eigenvalue weighted by molar-refractivity contribution is 5.94. The van der Waals surface area contributed by atoms with Gasteiger partial charge in [0.05, 0.1) is 5.69 Å². The molecule has 90 valence electrons. The molecule has 3 aromatic rings. The van der Waals surface area contributed by atoms with E-state index in [9.17, 15) is 0 Å². The van der Waals surface area contributed by atoms with Crippen LogP contribution in [0.4, 0.5) is 0 Å². The van der Waals surface area contributed by atoms with Crippen LogP contribution < -0.4 is 0 Å². The van der Waals surface area contributed by atoms with Crippen LogP contribution in [0.15, 0.2) is 36.7 Å². The number of aryl methyl sites for hydroxylation is 3. The van der Waals surface area contributed by atoms with Crippen molar-refractivity contribution < 1.29 is 0 Å². The van der Waals surface area contributed by atoms with Crippen molar-refractivity contribution in [2.24, 2.45) is 0 Å². The van der Waals surface area contributed by atoms with E-state index in [-0.39, 0.29) is 0 Å². The summed E-state index contributed by atoms with van der Waals surface area (Å²) in [6.45, 7) is 6.26. The molecule has 0 saturated heterocycles. The van der Waals surface area contributed by atoms with Gasteiger partial charge < -0.3 is 0 Å². The van der Waals surface area contributed by atoms with Gasteiger partial charge >= 0.3 is 0 Å². The molecule has 0 aliphatic carbocycles. The maximum absolute atomic E-state index is 4.08. The van der Waals surface area contributed by atoms with Crippen LogP contribution in [0, 0.1) is 20.8 Å². The molecule has 1 heterocycles. The number of rotatable bonds is 1. The number of aromatic nitrogens is 3. The van der Waals surface area contributed by atoms with Crippen molar-refractivity contribution in [3.05, 3.63) is 53.6 Å². The first-order valence-electron chi connectivity index (χ1n) is 6.04. The van der Waals surface area contributed by atoms with E-state index < -0.39 is 0 Å². The van der Waals surface area contributed by atoms with Crippen LogP contribution in [0.3, 0.4) is 0 Å². The zero-order valence-electron chi connectivity index (χ0n) is 10.8. The summed E-state index contributed by atoms with van der Waals surface area (Å²) in [5.41, 5.74) is 3.73. The summed E-state index contributed by atoms with van der Waals surface area (Å²) in [7, 11) is 0. The van der Waals surface area contributed by atoms with E-state index in [1.807, 2.05) is 6.92 Å². The summed E-state index contributed by atoms with van der Waals surface area (Å²) >= 11 is 0. The lowest BCUT2D eigenvalue weighted by molar-refractivity contribution is 0.967. The molecule has 3 rings (SSSR count). The SMILES string of the molecule is Cc1cc(C)c2ccccc2c1-n1cnnc1C. The van der Waals surface area contributed by atoms with Gasteiger partial charge in [-0.05, 0) is 37.3 Å².